The summed E-state index contributed by atoms with van der Waals surface area (Å²) in [5.41, 5.74) is 0. The maximum absolute atomic E-state index is 10.4. The molecule has 4 nitrogen and oxygen atoms in total. The summed E-state index contributed by atoms with van der Waals surface area (Å²) in [5, 5.41) is 8.57. The van der Waals surface area contributed by atoms with Gasteiger partial charge in [-0.05, 0) is 38.5 Å². The maximum atomic E-state index is 10.4. The van der Waals surface area contributed by atoms with E-state index >= 15 is 0 Å². The number of rotatable bonds is 15. The van der Waals surface area contributed by atoms with E-state index in [4.69, 9.17) is 9.84 Å². The maximum Gasteiger partial charge on any atom is 0.303 e. The van der Waals surface area contributed by atoms with Gasteiger partial charge in [-0.1, -0.05) is 31.4 Å². The van der Waals surface area contributed by atoms with Gasteiger partial charge in [-0.15, -0.1) is 0 Å². The molecule has 0 rings (SSSR count). The molecule has 1 atom stereocenters. The summed E-state index contributed by atoms with van der Waals surface area (Å²) >= 11 is 0. The van der Waals surface area contributed by atoms with Crippen LogP contribution in [-0.2, 0) is 14.3 Å². The Kier molecular flexibility index (Phi) is 14.4. The number of carboxylic acid groups (broad SMARTS) is 1. The smallest absolute Gasteiger partial charge is 0.303 e. The lowest BCUT2D eigenvalue weighted by molar-refractivity contribution is -0.137. The fourth-order valence-corrected chi connectivity index (χ4v) is 2.18. The second-order valence-electron chi connectivity index (χ2n) is 5.35. The molecule has 0 aliphatic heterocycles. The second kappa shape index (κ2) is 15.2. The molecule has 0 spiro atoms. The van der Waals surface area contributed by atoms with Crippen molar-refractivity contribution in [2.45, 2.75) is 76.7 Å². The first-order valence-corrected chi connectivity index (χ1v) is 8.05. The van der Waals surface area contributed by atoms with Gasteiger partial charge in [0.1, 0.15) is 6.29 Å². The van der Waals surface area contributed by atoms with Crippen LogP contribution in [0.1, 0.15) is 70.6 Å². The molecule has 0 aromatic heterocycles. The van der Waals surface area contributed by atoms with Gasteiger partial charge in [0.25, 0.3) is 0 Å². The van der Waals surface area contributed by atoms with Crippen LogP contribution in [0.4, 0.5) is 0 Å². The number of hydrogen-bond acceptors (Lipinski definition) is 3. The second-order valence-corrected chi connectivity index (χ2v) is 5.35. The minimum absolute atomic E-state index is 0.103. The largest absolute Gasteiger partial charge is 0.481 e. The van der Waals surface area contributed by atoms with Gasteiger partial charge < -0.3 is 14.6 Å². The van der Waals surface area contributed by atoms with Gasteiger partial charge in [-0.3, -0.25) is 4.79 Å². The number of ether oxygens (including phenoxy) is 1. The van der Waals surface area contributed by atoms with Crippen LogP contribution in [0, 0.1) is 0 Å². The Hall–Kier alpha value is -1.16. The zero-order valence-electron chi connectivity index (χ0n) is 13.3. The van der Waals surface area contributed by atoms with E-state index in [1.807, 2.05) is 0 Å². The highest BCUT2D eigenvalue weighted by Gasteiger charge is 2.03. The molecule has 0 bridgehead atoms. The summed E-state index contributed by atoms with van der Waals surface area (Å²) in [6, 6.07) is 0. The van der Waals surface area contributed by atoms with E-state index in [1.165, 1.54) is 19.3 Å². The van der Waals surface area contributed by atoms with Crippen LogP contribution in [0.3, 0.4) is 0 Å². The van der Waals surface area contributed by atoms with Gasteiger partial charge in [-0.25, -0.2) is 0 Å². The molecule has 0 aliphatic rings. The number of carboxylic acids is 1. The lowest BCUT2D eigenvalue weighted by Gasteiger charge is -2.10. The van der Waals surface area contributed by atoms with Crippen LogP contribution in [0.5, 0.6) is 0 Å². The first-order chi connectivity index (χ1) is 10.2. The van der Waals surface area contributed by atoms with Crippen molar-refractivity contribution >= 4 is 12.3 Å². The zero-order chi connectivity index (χ0) is 15.8. The first kappa shape index (κ1) is 19.8. The molecular weight excluding hydrogens is 268 g/mol. The molecule has 0 fully saturated rings. The summed E-state index contributed by atoms with van der Waals surface area (Å²) in [4.78, 5) is 20.6. The molecule has 0 saturated carbocycles. The van der Waals surface area contributed by atoms with Crippen molar-refractivity contribution in [3.05, 3.63) is 12.2 Å². The van der Waals surface area contributed by atoms with Gasteiger partial charge >= 0.3 is 5.97 Å². The van der Waals surface area contributed by atoms with Crippen LogP contribution in [0.2, 0.25) is 0 Å². The highest BCUT2D eigenvalue weighted by atomic mass is 16.5. The van der Waals surface area contributed by atoms with Crippen LogP contribution < -0.4 is 0 Å². The molecule has 0 saturated heterocycles. The van der Waals surface area contributed by atoms with E-state index in [0.29, 0.717) is 12.8 Å². The molecule has 0 amide bonds. The molecular formula is C17H30O4. The molecule has 1 N–H and O–H groups in total. The summed E-state index contributed by atoms with van der Waals surface area (Å²) in [6.07, 6.45) is 15.6. The summed E-state index contributed by atoms with van der Waals surface area (Å²) in [6.45, 7) is 0. The van der Waals surface area contributed by atoms with Crippen LogP contribution in [0.25, 0.3) is 0 Å². The van der Waals surface area contributed by atoms with Crippen molar-refractivity contribution in [2.75, 3.05) is 7.11 Å². The number of hydrogen-bond donors (Lipinski definition) is 1. The van der Waals surface area contributed by atoms with Crippen molar-refractivity contribution in [2.24, 2.45) is 0 Å². The Labute approximate surface area is 128 Å². The van der Waals surface area contributed by atoms with Gasteiger partial charge in [0.2, 0.25) is 0 Å². The SMILES string of the molecule is COC(C=CCCCCCCCC=O)CCCCC(=O)O. The highest BCUT2D eigenvalue weighted by Crippen LogP contribution is 2.10. The van der Waals surface area contributed by atoms with Crippen LogP contribution in [-0.4, -0.2) is 30.6 Å². The normalized spacial score (nSPS) is 12.6. The quantitative estimate of drug-likeness (QED) is 0.280. The highest BCUT2D eigenvalue weighted by molar-refractivity contribution is 5.66. The summed E-state index contributed by atoms with van der Waals surface area (Å²) in [5.74, 6) is -0.729. The number of carbonyl (C=O) groups excluding carboxylic acids is 1. The lowest BCUT2D eigenvalue weighted by Crippen LogP contribution is -2.07. The monoisotopic (exact) mass is 298 g/mol. The molecule has 4 heteroatoms. The minimum atomic E-state index is -0.729. The molecule has 0 aliphatic carbocycles. The third-order valence-corrected chi connectivity index (χ3v) is 3.48. The summed E-state index contributed by atoms with van der Waals surface area (Å²) < 4.78 is 5.36. The molecule has 122 valence electrons. The van der Waals surface area contributed by atoms with Gasteiger partial charge in [0.05, 0.1) is 6.10 Å². The molecule has 0 heterocycles. The Morgan fingerprint density at radius 1 is 1.05 bits per heavy atom. The van der Waals surface area contributed by atoms with Crippen molar-refractivity contribution in [3.8, 4) is 0 Å². The van der Waals surface area contributed by atoms with E-state index in [0.717, 1.165) is 38.4 Å². The van der Waals surface area contributed by atoms with Gasteiger partial charge in [0.15, 0.2) is 0 Å². The Morgan fingerprint density at radius 2 is 1.71 bits per heavy atom. The predicted octanol–water partition coefficient (Wildman–Crippen LogP) is 4.13. The minimum Gasteiger partial charge on any atom is -0.481 e. The number of carbonyl (C=O) groups is 2. The Morgan fingerprint density at radius 3 is 2.33 bits per heavy atom. The van der Waals surface area contributed by atoms with Crippen molar-refractivity contribution in [1.29, 1.82) is 0 Å². The van der Waals surface area contributed by atoms with Gasteiger partial charge in [-0.2, -0.15) is 0 Å². The lowest BCUT2D eigenvalue weighted by atomic mass is 10.1. The number of methoxy groups -OCH3 is 1. The first-order valence-electron chi connectivity index (χ1n) is 8.05. The van der Waals surface area contributed by atoms with E-state index in [9.17, 15) is 9.59 Å². The molecule has 0 aromatic rings. The third-order valence-electron chi connectivity index (χ3n) is 3.48. The fraction of sp³-hybridized carbons (Fsp3) is 0.765. The zero-order valence-corrected chi connectivity index (χ0v) is 13.3. The molecule has 1 unspecified atom stereocenters. The van der Waals surface area contributed by atoms with E-state index < -0.39 is 5.97 Å². The van der Waals surface area contributed by atoms with Crippen molar-refractivity contribution in [3.63, 3.8) is 0 Å². The van der Waals surface area contributed by atoms with Gasteiger partial charge in [0, 0.05) is 20.0 Å². The molecule has 21 heavy (non-hydrogen) atoms. The van der Waals surface area contributed by atoms with E-state index in [2.05, 4.69) is 12.2 Å². The predicted molar refractivity (Wildman–Crippen MR) is 84.4 cm³/mol. The standard InChI is InChI=1S/C17H30O4/c1-21-16(13-9-10-14-17(19)20)12-8-6-4-2-3-5-7-11-15-18/h8,12,15-16H,2-7,9-11,13-14H2,1H3,(H,19,20). The van der Waals surface area contributed by atoms with Crippen LogP contribution >= 0.6 is 0 Å². The molecule has 0 radical (unpaired) electrons. The van der Waals surface area contributed by atoms with Crippen molar-refractivity contribution < 1.29 is 19.4 Å². The Bertz CT molecular complexity index is 287. The number of unbranched alkanes of at least 4 members (excludes halogenated alkanes) is 7. The average molecular weight is 298 g/mol. The number of aliphatic carboxylic acids is 1. The average Bonchev–Trinajstić information content (AvgIpc) is 2.47. The van der Waals surface area contributed by atoms with E-state index in [1.54, 1.807) is 7.11 Å². The topological polar surface area (TPSA) is 63.6 Å². The third kappa shape index (κ3) is 15.1. The van der Waals surface area contributed by atoms with E-state index in [-0.39, 0.29) is 12.5 Å². The Balaban J connectivity index is 3.50. The number of aldehydes is 1. The number of allylic oxidation sites excluding steroid dienone is 1. The fourth-order valence-electron chi connectivity index (χ4n) is 2.18. The van der Waals surface area contributed by atoms with Crippen molar-refractivity contribution in [1.82, 2.24) is 0 Å². The molecule has 0 aromatic carbocycles. The summed E-state index contributed by atoms with van der Waals surface area (Å²) in [7, 11) is 1.69. The van der Waals surface area contributed by atoms with Crippen LogP contribution in [0.15, 0.2) is 12.2 Å².